The average molecular weight is 366 g/mol. The van der Waals surface area contributed by atoms with Gasteiger partial charge in [0.2, 0.25) is 5.82 Å². The molecule has 6 nitrogen and oxygen atoms in total. The van der Waals surface area contributed by atoms with Crippen LogP contribution in [0.3, 0.4) is 0 Å². The summed E-state index contributed by atoms with van der Waals surface area (Å²) in [5.74, 6) is -2.74. The minimum atomic E-state index is -4.93. The third-order valence-electron chi connectivity index (χ3n) is 3.36. The molecular weight excluding hydrogens is 356 g/mol. The summed E-state index contributed by atoms with van der Waals surface area (Å²) in [6.07, 6.45) is -4.93. The lowest BCUT2D eigenvalue weighted by Crippen LogP contribution is -2.17. The van der Waals surface area contributed by atoms with Gasteiger partial charge in [0.25, 0.3) is 5.91 Å². The second-order valence-electron chi connectivity index (χ2n) is 5.08. The van der Waals surface area contributed by atoms with E-state index in [1.54, 1.807) is 0 Å². The van der Waals surface area contributed by atoms with Crippen LogP contribution >= 0.6 is 0 Å². The molecule has 1 heterocycles. The van der Waals surface area contributed by atoms with Crippen molar-refractivity contribution in [2.24, 2.45) is 5.73 Å². The van der Waals surface area contributed by atoms with Crippen molar-refractivity contribution in [2.75, 3.05) is 0 Å². The summed E-state index contributed by atoms with van der Waals surface area (Å²) in [7, 11) is 0. The van der Waals surface area contributed by atoms with Crippen LogP contribution in [0.4, 0.5) is 17.6 Å². The number of primary amides is 1. The van der Waals surface area contributed by atoms with Crippen molar-refractivity contribution in [3.05, 3.63) is 54.1 Å². The Morgan fingerprint density at radius 2 is 1.69 bits per heavy atom. The first-order valence-corrected chi connectivity index (χ1v) is 7.12. The number of para-hydroxylation sites is 1. The number of ether oxygens (including phenoxy) is 1. The quantitative estimate of drug-likeness (QED) is 0.693. The molecule has 0 spiro atoms. The highest BCUT2D eigenvalue weighted by molar-refractivity contribution is 5.89. The molecule has 1 amide bonds. The molecule has 0 atom stereocenters. The molecule has 10 heteroatoms. The number of nitrogens with zero attached hydrogens (tertiary/aromatic N) is 2. The minimum absolute atomic E-state index is 0.102. The van der Waals surface area contributed by atoms with Gasteiger partial charge >= 0.3 is 6.36 Å². The maximum atomic E-state index is 14.9. The van der Waals surface area contributed by atoms with Gasteiger partial charge in [-0.3, -0.25) is 9.89 Å². The average Bonchev–Trinajstić information content (AvgIpc) is 3.04. The monoisotopic (exact) mass is 366 g/mol. The van der Waals surface area contributed by atoms with Crippen LogP contribution in [0.1, 0.15) is 10.6 Å². The highest BCUT2D eigenvalue weighted by Gasteiger charge is 2.32. The number of rotatable bonds is 4. The van der Waals surface area contributed by atoms with Gasteiger partial charge in [-0.25, -0.2) is 9.37 Å². The summed E-state index contributed by atoms with van der Waals surface area (Å²) in [6, 6.07) is 9.17. The predicted molar refractivity (Wildman–Crippen MR) is 82.4 cm³/mol. The lowest BCUT2D eigenvalue weighted by molar-refractivity contribution is -0.274. The molecule has 3 aromatic rings. The Kier molecular flexibility index (Phi) is 4.33. The van der Waals surface area contributed by atoms with Gasteiger partial charge in [0.1, 0.15) is 11.6 Å². The first-order valence-electron chi connectivity index (χ1n) is 7.12. The lowest BCUT2D eigenvalue weighted by atomic mass is 10.0. The Labute approximate surface area is 143 Å². The SMILES string of the molecule is NC(=O)c1nc(-c2cccc(-c3ccccc3OC(F)(F)F)c2F)n[nH]1. The van der Waals surface area contributed by atoms with Gasteiger partial charge in [-0.15, -0.1) is 13.2 Å². The first kappa shape index (κ1) is 17.4. The zero-order chi connectivity index (χ0) is 18.9. The third kappa shape index (κ3) is 3.48. The van der Waals surface area contributed by atoms with Gasteiger partial charge in [0.05, 0.1) is 5.56 Å². The van der Waals surface area contributed by atoms with Crippen LogP contribution in [0, 0.1) is 5.82 Å². The fourth-order valence-electron chi connectivity index (χ4n) is 2.31. The van der Waals surface area contributed by atoms with Gasteiger partial charge in [-0.05, 0) is 12.1 Å². The number of aromatic amines is 1. The van der Waals surface area contributed by atoms with E-state index in [9.17, 15) is 22.4 Å². The van der Waals surface area contributed by atoms with Crippen molar-refractivity contribution >= 4 is 5.91 Å². The van der Waals surface area contributed by atoms with E-state index >= 15 is 0 Å². The number of alkyl halides is 3. The number of nitrogens with two attached hydrogens (primary N) is 1. The zero-order valence-electron chi connectivity index (χ0n) is 12.8. The molecule has 3 rings (SSSR count). The molecule has 0 aliphatic carbocycles. The number of hydrogen-bond donors (Lipinski definition) is 2. The molecular formula is C16H10F4N4O2. The van der Waals surface area contributed by atoms with E-state index in [0.29, 0.717) is 0 Å². The number of carbonyl (C=O) groups excluding carboxylic acids is 1. The van der Waals surface area contributed by atoms with E-state index in [2.05, 4.69) is 19.9 Å². The van der Waals surface area contributed by atoms with E-state index in [1.165, 1.54) is 36.4 Å². The number of H-pyrrole nitrogens is 1. The highest BCUT2D eigenvalue weighted by atomic mass is 19.4. The molecule has 134 valence electrons. The number of amides is 1. The predicted octanol–water partition coefficient (Wildman–Crippen LogP) is 3.28. The van der Waals surface area contributed by atoms with Crippen molar-refractivity contribution in [3.8, 4) is 28.3 Å². The summed E-state index contributed by atoms with van der Waals surface area (Å²) in [5.41, 5.74) is 4.69. The molecule has 0 aliphatic heterocycles. The van der Waals surface area contributed by atoms with E-state index in [-0.39, 0.29) is 28.3 Å². The Morgan fingerprint density at radius 3 is 2.35 bits per heavy atom. The van der Waals surface area contributed by atoms with Crippen molar-refractivity contribution in [1.82, 2.24) is 15.2 Å². The maximum Gasteiger partial charge on any atom is 0.573 e. The van der Waals surface area contributed by atoms with Crippen LogP contribution in [0.15, 0.2) is 42.5 Å². The first-order chi connectivity index (χ1) is 12.3. The van der Waals surface area contributed by atoms with E-state index in [4.69, 9.17) is 5.73 Å². The normalized spacial score (nSPS) is 11.4. The lowest BCUT2D eigenvalue weighted by Gasteiger charge is -2.14. The summed E-state index contributed by atoms with van der Waals surface area (Å²) < 4.78 is 56.6. The van der Waals surface area contributed by atoms with Crippen LogP contribution < -0.4 is 10.5 Å². The van der Waals surface area contributed by atoms with Crippen molar-refractivity contribution < 1.29 is 27.1 Å². The van der Waals surface area contributed by atoms with Crippen molar-refractivity contribution in [3.63, 3.8) is 0 Å². The van der Waals surface area contributed by atoms with E-state index in [0.717, 1.165) is 6.07 Å². The standard InChI is InChI=1S/C16H10F4N4O2/c17-12-9(8-4-1-2-7-11(8)26-16(18,19)20)5-3-6-10(12)14-22-15(13(21)25)24-23-14/h1-7H,(H2,21,25)(H,22,23,24). The number of benzene rings is 2. The van der Waals surface area contributed by atoms with Crippen molar-refractivity contribution in [1.29, 1.82) is 0 Å². The summed E-state index contributed by atoms with van der Waals surface area (Å²) >= 11 is 0. The fourth-order valence-corrected chi connectivity index (χ4v) is 2.31. The number of nitrogens with one attached hydrogen (secondary N) is 1. The Balaban J connectivity index is 2.09. The Hall–Kier alpha value is -3.43. The number of halogens is 4. The van der Waals surface area contributed by atoms with E-state index < -0.39 is 23.8 Å². The summed E-state index contributed by atoms with van der Waals surface area (Å²) in [4.78, 5) is 14.8. The fraction of sp³-hybridized carbons (Fsp3) is 0.0625. The van der Waals surface area contributed by atoms with Crippen LogP contribution in [-0.2, 0) is 0 Å². The molecule has 0 unspecified atom stereocenters. The molecule has 3 N–H and O–H groups in total. The van der Waals surface area contributed by atoms with Gasteiger partial charge in [-0.1, -0.05) is 30.3 Å². The molecule has 0 saturated carbocycles. The van der Waals surface area contributed by atoms with Crippen LogP contribution in [-0.4, -0.2) is 27.5 Å². The topological polar surface area (TPSA) is 93.9 Å². The molecule has 1 aromatic heterocycles. The van der Waals surface area contributed by atoms with Crippen LogP contribution in [0.5, 0.6) is 5.75 Å². The van der Waals surface area contributed by atoms with Gasteiger partial charge in [0.15, 0.2) is 5.82 Å². The van der Waals surface area contributed by atoms with Gasteiger partial charge in [-0.2, -0.15) is 5.10 Å². The van der Waals surface area contributed by atoms with Crippen LogP contribution in [0.2, 0.25) is 0 Å². The molecule has 0 radical (unpaired) electrons. The van der Waals surface area contributed by atoms with Crippen LogP contribution in [0.25, 0.3) is 22.5 Å². The minimum Gasteiger partial charge on any atom is -0.405 e. The molecule has 26 heavy (non-hydrogen) atoms. The van der Waals surface area contributed by atoms with E-state index in [1.807, 2.05) is 0 Å². The zero-order valence-corrected chi connectivity index (χ0v) is 12.8. The number of aromatic nitrogens is 3. The Morgan fingerprint density at radius 1 is 1.04 bits per heavy atom. The maximum absolute atomic E-state index is 14.9. The van der Waals surface area contributed by atoms with Gasteiger partial charge in [0, 0.05) is 11.1 Å². The molecule has 0 bridgehead atoms. The second-order valence-corrected chi connectivity index (χ2v) is 5.08. The van der Waals surface area contributed by atoms with Crippen molar-refractivity contribution in [2.45, 2.75) is 6.36 Å². The second kappa shape index (κ2) is 6.47. The molecule has 0 saturated heterocycles. The third-order valence-corrected chi connectivity index (χ3v) is 3.36. The number of carbonyl (C=O) groups is 1. The molecule has 0 fully saturated rings. The smallest absolute Gasteiger partial charge is 0.405 e. The largest absolute Gasteiger partial charge is 0.573 e. The summed E-state index contributed by atoms with van der Waals surface area (Å²) in [6.45, 7) is 0. The Bertz CT molecular complexity index is 969. The summed E-state index contributed by atoms with van der Waals surface area (Å²) in [5, 5.41) is 5.95. The molecule has 0 aliphatic rings. The highest BCUT2D eigenvalue weighted by Crippen LogP contribution is 2.37. The number of hydrogen-bond acceptors (Lipinski definition) is 4. The molecule has 2 aromatic carbocycles. The van der Waals surface area contributed by atoms with Gasteiger partial charge < -0.3 is 10.5 Å².